The van der Waals surface area contributed by atoms with Crippen molar-refractivity contribution in [1.82, 2.24) is 0 Å². The van der Waals surface area contributed by atoms with Gasteiger partial charge in [-0.05, 0) is 67.4 Å². The van der Waals surface area contributed by atoms with Gasteiger partial charge in [-0.2, -0.15) is 0 Å². The molecule has 6 heteroatoms. The lowest BCUT2D eigenvalue weighted by molar-refractivity contribution is 0.488. The summed E-state index contributed by atoms with van der Waals surface area (Å²) < 4.78 is 0. The van der Waals surface area contributed by atoms with Gasteiger partial charge in [0.15, 0.2) is 0 Å². The molecule has 0 saturated heterocycles. The van der Waals surface area contributed by atoms with Gasteiger partial charge >= 0.3 is 0 Å². The zero-order valence-corrected chi connectivity index (χ0v) is 22.5. The highest BCUT2D eigenvalue weighted by atomic mass is 31.1. The van der Waals surface area contributed by atoms with Crippen LogP contribution in [-0.2, 0) is 6.42 Å². The number of benzene rings is 3. The Balaban J connectivity index is 1.25. The highest BCUT2D eigenvalue weighted by Crippen LogP contribution is 2.51. The Hall–Kier alpha value is -3.27. The van der Waals surface area contributed by atoms with E-state index < -0.39 is 18.8 Å². The van der Waals surface area contributed by atoms with Crippen LogP contribution in [0.1, 0.15) is 43.4 Å². The van der Waals surface area contributed by atoms with Crippen LogP contribution < -0.4 is 37.8 Å². The molecule has 2 aliphatic carbocycles. The molecule has 1 fully saturated rings. The Bertz CT molecular complexity index is 1440. The molecule has 38 heavy (non-hydrogen) atoms. The van der Waals surface area contributed by atoms with Gasteiger partial charge in [0.2, 0.25) is 0 Å². The molecule has 5 nitrogen and oxygen atoms in total. The Labute approximate surface area is 224 Å². The second kappa shape index (κ2) is 10.5. The van der Waals surface area contributed by atoms with Crippen LogP contribution in [0, 0.1) is 5.92 Å². The van der Waals surface area contributed by atoms with Gasteiger partial charge in [-0.15, -0.1) is 0 Å². The third kappa shape index (κ3) is 4.48. The third-order valence-corrected chi connectivity index (χ3v) is 11.4. The molecule has 4 aromatic rings. The summed E-state index contributed by atoms with van der Waals surface area (Å²) in [6.07, 6.45) is 4.20. The largest absolute Gasteiger partial charge is 0.377 e. The lowest BCUT2D eigenvalue weighted by atomic mass is 9.98. The van der Waals surface area contributed by atoms with Crippen molar-refractivity contribution in [2.45, 2.75) is 56.4 Å². The van der Waals surface area contributed by atoms with Crippen LogP contribution in [0.25, 0.3) is 0 Å². The molecule has 5 atom stereocenters. The lowest BCUT2D eigenvalue weighted by Gasteiger charge is -2.34. The van der Waals surface area contributed by atoms with Crippen molar-refractivity contribution in [3.05, 3.63) is 117 Å². The van der Waals surface area contributed by atoms with Gasteiger partial charge in [-0.3, -0.25) is 9.59 Å². The smallest absolute Gasteiger partial charge is 0.253 e. The van der Waals surface area contributed by atoms with Gasteiger partial charge in [-0.1, -0.05) is 91.3 Å². The van der Waals surface area contributed by atoms with E-state index in [1.54, 1.807) is 0 Å². The van der Waals surface area contributed by atoms with Crippen molar-refractivity contribution in [2.24, 2.45) is 11.7 Å². The van der Waals surface area contributed by atoms with E-state index in [-0.39, 0.29) is 18.1 Å². The normalized spacial score (nSPS) is 23.4. The van der Waals surface area contributed by atoms with Crippen LogP contribution in [0.3, 0.4) is 0 Å². The fourth-order valence-electron chi connectivity index (χ4n) is 6.55. The molecule has 0 radical (unpaired) electrons. The fourth-order valence-corrected chi connectivity index (χ4v) is 9.83. The van der Waals surface area contributed by atoms with Gasteiger partial charge in [0.25, 0.3) is 10.9 Å². The Kier molecular flexibility index (Phi) is 6.90. The zero-order valence-electron chi connectivity index (χ0n) is 21.6. The van der Waals surface area contributed by atoms with Crippen molar-refractivity contribution < 1.29 is 0 Å². The first-order valence-corrected chi connectivity index (χ1v) is 15.0. The SMILES string of the molecule is C[C@@H](Nc1c(N[C@H]2c3ccccc3C[C@@H]2N)c(=O)c1=O)C1CCCC1P(c1ccccc1)c1ccccc1. The number of anilines is 2. The van der Waals surface area contributed by atoms with Crippen molar-refractivity contribution in [3.8, 4) is 0 Å². The minimum absolute atomic E-state index is 0.0633. The Morgan fingerprint density at radius 3 is 2.11 bits per heavy atom. The van der Waals surface area contributed by atoms with Crippen LogP contribution in [-0.4, -0.2) is 17.7 Å². The fraction of sp³-hybridized carbons (Fsp3) is 0.312. The maximum absolute atomic E-state index is 12.7. The minimum Gasteiger partial charge on any atom is -0.377 e. The van der Waals surface area contributed by atoms with E-state index in [9.17, 15) is 9.59 Å². The highest BCUT2D eigenvalue weighted by Gasteiger charge is 2.39. The molecule has 2 unspecified atom stereocenters. The van der Waals surface area contributed by atoms with Crippen molar-refractivity contribution in [3.63, 3.8) is 0 Å². The number of rotatable bonds is 8. The maximum Gasteiger partial charge on any atom is 0.253 e. The molecular weight excluding hydrogens is 489 g/mol. The average molecular weight is 524 g/mol. The molecule has 0 heterocycles. The van der Waals surface area contributed by atoms with Crippen LogP contribution in [0.4, 0.5) is 11.4 Å². The van der Waals surface area contributed by atoms with Crippen LogP contribution in [0.15, 0.2) is 94.5 Å². The van der Waals surface area contributed by atoms with Crippen molar-refractivity contribution in [1.29, 1.82) is 0 Å². The van der Waals surface area contributed by atoms with Crippen LogP contribution in [0.5, 0.6) is 0 Å². The van der Waals surface area contributed by atoms with Gasteiger partial charge in [0.05, 0.1) is 6.04 Å². The summed E-state index contributed by atoms with van der Waals surface area (Å²) in [4.78, 5) is 25.4. The predicted molar refractivity (Wildman–Crippen MR) is 159 cm³/mol. The molecule has 4 N–H and O–H groups in total. The monoisotopic (exact) mass is 523 g/mol. The standard InChI is InChI=1S/C32H34N3O2P/c1-20(24-17-10-18-27(24)38(22-12-4-2-5-13-22)23-14-6-3-7-15-23)34-29-30(32(37)31(29)36)35-28-25-16-9-8-11-21(25)19-26(28)33/h2-9,11-16,20,24,26-28,34-35H,10,17-19,33H2,1H3/t20-,24?,26+,27?,28+/m1/s1. The van der Waals surface area contributed by atoms with Gasteiger partial charge in [0, 0.05) is 12.1 Å². The topological polar surface area (TPSA) is 84.2 Å². The summed E-state index contributed by atoms with van der Waals surface area (Å²) in [5.41, 5.74) is 9.19. The summed E-state index contributed by atoms with van der Waals surface area (Å²) in [7, 11) is -0.552. The molecule has 0 aromatic heterocycles. The first-order chi connectivity index (χ1) is 18.5. The molecule has 2 aliphatic rings. The number of hydrogen-bond acceptors (Lipinski definition) is 5. The van der Waals surface area contributed by atoms with Gasteiger partial charge in [0.1, 0.15) is 11.4 Å². The number of nitrogens with one attached hydrogen (secondary N) is 2. The second-order valence-electron chi connectivity index (χ2n) is 10.7. The predicted octanol–water partition coefficient (Wildman–Crippen LogP) is 4.42. The van der Waals surface area contributed by atoms with E-state index in [0.717, 1.165) is 24.8 Å². The summed E-state index contributed by atoms with van der Waals surface area (Å²) in [5.74, 6) is 0.397. The van der Waals surface area contributed by atoms with E-state index in [1.165, 1.54) is 22.6 Å². The molecule has 0 bridgehead atoms. The summed E-state index contributed by atoms with van der Waals surface area (Å²) in [6, 6.07) is 29.6. The van der Waals surface area contributed by atoms with Gasteiger partial charge < -0.3 is 16.4 Å². The number of nitrogens with two attached hydrogens (primary N) is 1. The lowest BCUT2D eigenvalue weighted by Crippen LogP contribution is -2.43. The molecule has 0 amide bonds. The van der Waals surface area contributed by atoms with E-state index in [1.807, 2.05) is 12.1 Å². The average Bonchev–Trinajstić information content (AvgIpc) is 3.56. The third-order valence-electron chi connectivity index (χ3n) is 8.43. The second-order valence-corrected chi connectivity index (χ2v) is 13.2. The first kappa shape index (κ1) is 25.0. The molecule has 0 aliphatic heterocycles. The summed E-state index contributed by atoms with van der Waals surface area (Å²) in [6.45, 7) is 2.17. The van der Waals surface area contributed by atoms with Crippen molar-refractivity contribution >= 4 is 29.9 Å². The summed E-state index contributed by atoms with van der Waals surface area (Å²) >= 11 is 0. The maximum atomic E-state index is 12.7. The van der Waals surface area contributed by atoms with Crippen molar-refractivity contribution in [2.75, 3.05) is 10.6 Å². The minimum atomic E-state index is -0.552. The molecule has 6 rings (SSSR count). The van der Waals surface area contributed by atoms with E-state index in [4.69, 9.17) is 5.73 Å². The quantitative estimate of drug-likeness (QED) is 0.235. The Morgan fingerprint density at radius 2 is 1.42 bits per heavy atom. The zero-order chi connectivity index (χ0) is 26.2. The first-order valence-electron chi connectivity index (χ1n) is 13.6. The molecule has 194 valence electrons. The highest BCUT2D eigenvalue weighted by molar-refractivity contribution is 7.73. The number of hydrogen-bond donors (Lipinski definition) is 3. The molecule has 0 spiro atoms. The van der Waals surface area contributed by atoms with Crippen LogP contribution >= 0.6 is 7.92 Å². The molecule has 1 saturated carbocycles. The number of fused-ring (bicyclic) bond motifs is 1. The summed E-state index contributed by atoms with van der Waals surface area (Å²) in [5, 5.41) is 9.65. The van der Waals surface area contributed by atoms with E-state index >= 15 is 0 Å². The van der Waals surface area contributed by atoms with E-state index in [0.29, 0.717) is 23.0 Å². The van der Waals surface area contributed by atoms with Gasteiger partial charge in [-0.25, -0.2) is 0 Å². The van der Waals surface area contributed by atoms with E-state index in [2.05, 4.69) is 90.4 Å². The molecule has 4 aromatic carbocycles. The van der Waals surface area contributed by atoms with Crippen LogP contribution in [0.2, 0.25) is 0 Å². The Morgan fingerprint density at radius 1 is 0.816 bits per heavy atom. The molecular formula is C32H34N3O2P.